The third-order valence-electron chi connectivity index (χ3n) is 3.03. The van der Waals surface area contributed by atoms with E-state index in [1.807, 2.05) is 0 Å². The minimum atomic E-state index is -0.752. The molecule has 0 atom stereocenters. The van der Waals surface area contributed by atoms with Crippen LogP contribution in [0.2, 0.25) is 0 Å². The predicted octanol–water partition coefficient (Wildman–Crippen LogP) is 2.55. The molecule has 1 aromatic carbocycles. The normalized spacial score (nSPS) is 16.0. The lowest BCUT2D eigenvalue weighted by Gasteiger charge is -2.35. The third kappa shape index (κ3) is 3.93. The van der Waals surface area contributed by atoms with E-state index in [-0.39, 0.29) is 25.3 Å². The fraction of sp³-hybridized carbons (Fsp3) is 0.467. The number of amides is 2. The van der Waals surface area contributed by atoms with Crippen LogP contribution in [0.25, 0.3) is 0 Å². The molecule has 120 valence electrons. The van der Waals surface area contributed by atoms with Crippen LogP contribution in [0.15, 0.2) is 18.2 Å². The molecule has 0 N–H and O–H groups in total. The van der Waals surface area contributed by atoms with Gasteiger partial charge in [-0.15, -0.1) is 0 Å². The number of halogens is 2. The summed E-state index contributed by atoms with van der Waals surface area (Å²) in [7, 11) is 0. The standard InChI is InChI=1S/C15H18F2N2O3/c1-15(2,3)22-14(21)18-4-5-19(13(20)9-18)12-7-10(16)6-11(17)8-12/h6-8H,4-5,9H2,1-3H3. The zero-order valence-corrected chi connectivity index (χ0v) is 12.7. The summed E-state index contributed by atoms with van der Waals surface area (Å²) in [4.78, 5) is 26.6. The lowest BCUT2D eigenvalue weighted by Crippen LogP contribution is -2.53. The first-order chi connectivity index (χ1) is 10.2. The number of benzene rings is 1. The number of carbonyl (C=O) groups is 2. The fourth-order valence-corrected chi connectivity index (χ4v) is 2.12. The molecule has 1 fully saturated rings. The summed E-state index contributed by atoms with van der Waals surface area (Å²) < 4.78 is 31.7. The van der Waals surface area contributed by atoms with Crippen molar-refractivity contribution in [1.29, 1.82) is 0 Å². The molecule has 22 heavy (non-hydrogen) atoms. The Labute approximate surface area is 127 Å². The summed E-state index contributed by atoms with van der Waals surface area (Å²) in [6.07, 6.45) is -0.578. The van der Waals surface area contributed by atoms with E-state index in [1.54, 1.807) is 20.8 Å². The molecular weight excluding hydrogens is 294 g/mol. The fourth-order valence-electron chi connectivity index (χ4n) is 2.12. The highest BCUT2D eigenvalue weighted by atomic mass is 19.1. The number of hydrogen-bond donors (Lipinski definition) is 0. The molecule has 0 radical (unpaired) electrons. The second-order valence-corrected chi connectivity index (χ2v) is 6.07. The van der Waals surface area contributed by atoms with Crippen molar-refractivity contribution in [2.75, 3.05) is 24.5 Å². The van der Waals surface area contributed by atoms with Gasteiger partial charge in [-0.05, 0) is 32.9 Å². The highest BCUT2D eigenvalue weighted by Gasteiger charge is 2.31. The maximum Gasteiger partial charge on any atom is 0.410 e. The van der Waals surface area contributed by atoms with E-state index in [2.05, 4.69) is 0 Å². The lowest BCUT2D eigenvalue weighted by molar-refractivity contribution is -0.121. The molecule has 1 aliphatic rings. The molecule has 1 aromatic rings. The van der Waals surface area contributed by atoms with Crippen LogP contribution in [0.3, 0.4) is 0 Å². The quantitative estimate of drug-likeness (QED) is 0.801. The van der Waals surface area contributed by atoms with Crippen LogP contribution in [0.4, 0.5) is 19.3 Å². The molecule has 1 saturated heterocycles. The average molecular weight is 312 g/mol. The van der Waals surface area contributed by atoms with Gasteiger partial charge < -0.3 is 9.64 Å². The minimum Gasteiger partial charge on any atom is -0.444 e. The van der Waals surface area contributed by atoms with Crippen LogP contribution < -0.4 is 4.90 Å². The topological polar surface area (TPSA) is 49.9 Å². The molecule has 0 aromatic heterocycles. The van der Waals surface area contributed by atoms with Crippen molar-refractivity contribution in [3.63, 3.8) is 0 Å². The Morgan fingerprint density at radius 1 is 1.14 bits per heavy atom. The highest BCUT2D eigenvalue weighted by molar-refractivity contribution is 5.97. The van der Waals surface area contributed by atoms with Gasteiger partial charge in [-0.3, -0.25) is 9.69 Å². The monoisotopic (exact) mass is 312 g/mol. The van der Waals surface area contributed by atoms with Crippen molar-refractivity contribution >= 4 is 17.7 Å². The molecule has 0 unspecified atom stereocenters. The number of ether oxygens (including phenoxy) is 1. The van der Waals surface area contributed by atoms with Gasteiger partial charge in [0.15, 0.2) is 0 Å². The van der Waals surface area contributed by atoms with E-state index < -0.39 is 29.2 Å². The minimum absolute atomic E-state index is 0.145. The van der Waals surface area contributed by atoms with Gasteiger partial charge in [0.1, 0.15) is 23.8 Å². The molecule has 7 heteroatoms. The molecule has 0 bridgehead atoms. The van der Waals surface area contributed by atoms with Crippen LogP contribution in [0, 0.1) is 11.6 Å². The molecule has 0 spiro atoms. The Kier molecular flexibility index (Phi) is 4.35. The predicted molar refractivity (Wildman–Crippen MR) is 76.5 cm³/mol. The molecular formula is C15H18F2N2O3. The van der Waals surface area contributed by atoms with Crippen LogP contribution in [0.5, 0.6) is 0 Å². The van der Waals surface area contributed by atoms with Crippen LogP contribution in [-0.2, 0) is 9.53 Å². The number of hydrogen-bond acceptors (Lipinski definition) is 3. The number of piperazine rings is 1. The molecule has 2 rings (SSSR count). The van der Waals surface area contributed by atoms with Gasteiger partial charge in [-0.2, -0.15) is 0 Å². The summed E-state index contributed by atoms with van der Waals surface area (Å²) in [5.74, 6) is -1.92. The smallest absolute Gasteiger partial charge is 0.410 e. The first kappa shape index (κ1) is 16.2. The zero-order valence-electron chi connectivity index (χ0n) is 12.7. The second-order valence-electron chi connectivity index (χ2n) is 6.07. The maximum absolute atomic E-state index is 13.2. The summed E-state index contributed by atoms with van der Waals surface area (Å²) in [5, 5.41) is 0. The van der Waals surface area contributed by atoms with E-state index in [9.17, 15) is 18.4 Å². The molecule has 0 aliphatic carbocycles. The van der Waals surface area contributed by atoms with Gasteiger partial charge in [0, 0.05) is 24.8 Å². The molecule has 1 aliphatic heterocycles. The van der Waals surface area contributed by atoms with Gasteiger partial charge in [0.25, 0.3) is 0 Å². The van der Waals surface area contributed by atoms with Gasteiger partial charge >= 0.3 is 6.09 Å². The Morgan fingerprint density at radius 3 is 2.23 bits per heavy atom. The third-order valence-corrected chi connectivity index (χ3v) is 3.03. The highest BCUT2D eigenvalue weighted by Crippen LogP contribution is 2.21. The van der Waals surface area contributed by atoms with E-state index >= 15 is 0 Å². The molecule has 5 nitrogen and oxygen atoms in total. The van der Waals surface area contributed by atoms with Crippen molar-refractivity contribution < 1.29 is 23.1 Å². The number of nitrogens with zero attached hydrogens (tertiary/aromatic N) is 2. The first-order valence-electron chi connectivity index (χ1n) is 6.90. The Hall–Kier alpha value is -2.18. The van der Waals surface area contributed by atoms with E-state index in [4.69, 9.17) is 4.74 Å². The van der Waals surface area contributed by atoms with E-state index in [1.165, 1.54) is 9.80 Å². The van der Waals surface area contributed by atoms with Crippen molar-refractivity contribution in [3.8, 4) is 0 Å². The van der Waals surface area contributed by atoms with Gasteiger partial charge in [0.05, 0.1) is 0 Å². The van der Waals surface area contributed by atoms with Gasteiger partial charge in [-0.1, -0.05) is 0 Å². The maximum atomic E-state index is 13.2. The Morgan fingerprint density at radius 2 is 1.73 bits per heavy atom. The van der Waals surface area contributed by atoms with Crippen molar-refractivity contribution in [2.24, 2.45) is 0 Å². The molecule has 2 amide bonds. The summed E-state index contributed by atoms with van der Waals surface area (Å²) in [5.41, 5.74) is -0.505. The number of anilines is 1. The summed E-state index contributed by atoms with van der Waals surface area (Å²) in [6.45, 7) is 5.41. The SMILES string of the molecule is CC(C)(C)OC(=O)N1CCN(c2cc(F)cc(F)c2)C(=O)C1. The van der Waals surface area contributed by atoms with Gasteiger partial charge in [0.2, 0.25) is 5.91 Å². The van der Waals surface area contributed by atoms with Crippen LogP contribution >= 0.6 is 0 Å². The number of carbonyl (C=O) groups excluding carboxylic acids is 2. The second kappa shape index (κ2) is 5.90. The zero-order chi connectivity index (χ0) is 16.5. The Bertz CT molecular complexity index is 579. The van der Waals surface area contributed by atoms with Crippen LogP contribution in [0.1, 0.15) is 20.8 Å². The van der Waals surface area contributed by atoms with Crippen molar-refractivity contribution in [2.45, 2.75) is 26.4 Å². The average Bonchev–Trinajstić information content (AvgIpc) is 2.35. The summed E-state index contributed by atoms with van der Waals surface area (Å²) in [6, 6.07) is 2.92. The van der Waals surface area contributed by atoms with E-state index in [0.717, 1.165) is 18.2 Å². The molecule has 1 heterocycles. The number of rotatable bonds is 1. The van der Waals surface area contributed by atoms with Crippen molar-refractivity contribution in [1.82, 2.24) is 4.90 Å². The van der Waals surface area contributed by atoms with Crippen molar-refractivity contribution in [3.05, 3.63) is 29.8 Å². The van der Waals surface area contributed by atoms with Gasteiger partial charge in [-0.25, -0.2) is 13.6 Å². The lowest BCUT2D eigenvalue weighted by atomic mass is 10.2. The first-order valence-corrected chi connectivity index (χ1v) is 6.90. The van der Waals surface area contributed by atoms with E-state index in [0.29, 0.717) is 0 Å². The molecule has 0 saturated carbocycles. The van der Waals surface area contributed by atoms with Crippen LogP contribution in [-0.4, -0.2) is 42.1 Å². The Balaban J connectivity index is 2.07. The summed E-state index contributed by atoms with van der Waals surface area (Å²) >= 11 is 0. The largest absolute Gasteiger partial charge is 0.444 e.